The molecule has 0 bridgehead atoms. The van der Waals surface area contributed by atoms with Crippen molar-refractivity contribution in [3.8, 4) is 0 Å². The lowest BCUT2D eigenvalue weighted by Crippen LogP contribution is -2.45. The van der Waals surface area contributed by atoms with Crippen molar-refractivity contribution in [1.82, 2.24) is 4.57 Å². The minimum absolute atomic E-state index is 0.226. The van der Waals surface area contributed by atoms with Crippen molar-refractivity contribution in [2.45, 2.75) is 69.9 Å². The van der Waals surface area contributed by atoms with Gasteiger partial charge in [0.15, 0.2) is 0 Å². The molecule has 0 aliphatic heterocycles. The van der Waals surface area contributed by atoms with Crippen LogP contribution in [0.4, 0.5) is 0 Å². The third-order valence-corrected chi connectivity index (χ3v) is 8.16. The highest BCUT2D eigenvalue weighted by atomic mass is 29.1. The molecule has 0 amide bonds. The first-order chi connectivity index (χ1) is 6.92. The predicted octanol–water partition coefficient (Wildman–Crippen LogP) is 0.928. The molecule has 0 unspecified atom stereocenters. The summed E-state index contributed by atoms with van der Waals surface area (Å²) < 4.78 is 3.03. The zero-order valence-corrected chi connectivity index (χ0v) is 13.1. The molecule has 14 heavy (non-hydrogen) atoms. The Bertz CT molecular complexity index is 163. The SMILES string of the molecule is [SiH3][SiH2]N(C1CCCCC1)C1CCCC1. The molecule has 0 atom stereocenters. The van der Waals surface area contributed by atoms with Crippen molar-refractivity contribution >= 4 is 19.0 Å². The fourth-order valence-electron chi connectivity index (χ4n) is 3.46. The van der Waals surface area contributed by atoms with E-state index in [4.69, 9.17) is 0 Å². The van der Waals surface area contributed by atoms with Crippen LogP contribution in [-0.2, 0) is 0 Å². The summed E-state index contributed by atoms with van der Waals surface area (Å²) in [4.78, 5) is 0. The maximum absolute atomic E-state index is 3.03. The Kier molecular flexibility index (Phi) is 4.26. The maximum atomic E-state index is 3.03. The molecular formula is C11H25NSi2. The van der Waals surface area contributed by atoms with Gasteiger partial charge in [0, 0.05) is 21.8 Å². The Hall–Kier alpha value is 0.394. The fraction of sp³-hybridized carbons (Fsp3) is 1.00. The van der Waals surface area contributed by atoms with Crippen molar-refractivity contribution in [1.29, 1.82) is 0 Å². The summed E-state index contributed by atoms with van der Waals surface area (Å²) in [5, 5.41) is 0. The van der Waals surface area contributed by atoms with Crippen LogP contribution in [0.3, 0.4) is 0 Å². The third kappa shape index (κ3) is 2.50. The van der Waals surface area contributed by atoms with Gasteiger partial charge in [0.1, 0.15) is 0 Å². The first-order valence-corrected chi connectivity index (χ1v) is 13.0. The monoisotopic (exact) mass is 227 g/mol. The Morgan fingerprint density at radius 2 is 1.21 bits per heavy atom. The Morgan fingerprint density at radius 1 is 0.786 bits per heavy atom. The summed E-state index contributed by atoms with van der Waals surface area (Å²) in [7, 11) is 1.73. The highest BCUT2D eigenvalue weighted by Crippen LogP contribution is 2.29. The quantitative estimate of drug-likeness (QED) is 0.649. The average molecular weight is 227 g/mol. The van der Waals surface area contributed by atoms with E-state index in [0.29, 0.717) is 0 Å². The molecule has 2 saturated carbocycles. The van der Waals surface area contributed by atoms with Crippen LogP contribution in [0.5, 0.6) is 0 Å². The standard InChI is InChI=1S/C11H25NSi2/c13-14-12(11-8-4-5-9-11)10-6-2-1-3-7-10/h10-11H,1-9,14H2,13H3. The summed E-state index contributed by atoms with van der Waals surface area (Å²) >= 11 is 0. The Labute approximate surface area is 93.8 Å². The van der Waals surface area contributed by atoms with E-state index >= 15 is 0 Å². The smallest absolute Gasteiger partial charge is 0.0763 e. The van der Waals surface area contributed by atoms with Gasteiger partial charge in [-0.2, -0.15) is 0 Å². The minimum Gasteiger partial charge on any atom is -0.327 e. The van der Waals surface area contributed by atoms with Crippen LogP contribution < -0.4 is 0 Å². The van der Waals surface area contributed by atoms with Crippen molar-refractivity contribution in [3.63, 3.8) is 0 Å². The number of rotatable bonds is 3. The summed E-state index contributed by atoms with van der Waals surface area (Å²) in [6.45, 7) is 0. The summed E-state index contributed by atoms with van der Waals surface area (Å²) in [6, 6.07) is 2.08. The molecule has 0 aromatic rings. The van der Waals surface area contributed by atoms with Crippen molar-refractivity contribution in [3.05, 3.63) is 0 Å². The lowest BCUT2D eigenvalue weighted by molar-refractivity contribution is 0.208. The van der Waals surface area contributed by atoms with Crippen molar-refractivity contribution < 1.29 is 0 Å². The molecule has 2 aliphatic rings. The number of hydrogen-bond acceptors (Lipinski definition) is 1. The highest BCUT2D eigenvalue weighted by Gasteiger charge is 2.27. The molecule has 0 aromatic carbocycles. The van der Waals surface area contributed by atoms with Crippen LogP contribution in [0, 0.1) is 0 Å². The van der Waals surface area contributed by atoms with Gasteiger partial charge in [0.25, 0.3) is 0 Å². The lowest BCUT2D eigenvalue weighted by atomic mass is 9.94. The van der Waals surface area contributed by atoms with Crippen LogP contribution in [0.15, 0.2) is 0 Å². The number of nitrogens with zero attached hydrogens (tertiary/aromatic N) is 1. The van der Waals surface area contributed by atoms with E-state index in [-0.39, 0.29) is 9.20 Å². The third-order valence-electron chi connectivity index (χ3n) is 4.20. The molecule has 2 aliphatic carbocycles. The van der Waals surface area contributed by atoms with E-state index in [1.807, 2.05) is 0 Å². The van der Waals surface area contributed by atoms with Gasteiger partial charge in [-0.15, -0.1) is 0 Å². The molecule has 2 fully saturated rings. The van der Waals surface area contributed by atoms with Gasteiger partial charge < -0.3 is 4.57 Å². The fourth-order valence-corrected chi connectivity index (χ4v) is 8.32. The van der Waals surface area contributed by atoms with Gasteiger partial charge >= 0.3 is 0 Å². The molecule has 0 aromatic heterocycles. The van der Waals surface area contributed by atoms with Crippen LogP contribution >= 0.6 is 0 Å². The summed E-state index contributed by atoms with van der Waals surface area (Å²) in [5.74, 6) is 0. The van der Waals surface area contributed by atoms with E-state index in [9.17, 15) is 0 Å². The molecule has 0 spiro atoms. The molecule has 0 N–H and O–H groups in total. The topological polar surface area (TPSA) is 3.24 Å². The normalized spacial score (nSPS) is 27.2. The van der Waals surface area contributed by atoms with Crippen molar-refractivity contribution in [2.24, 2.45) is 0 Å². The molecule has 1 nitrogen and oxygen atoms in total. The molecule has 2 rings (SSSR count). The highest BCUT2D eigenvalue weighted by molar-refractivity contribution is 6.87. The van der Waals surface area contributed by atoms with Crippen LogP contribution in [0.1, 0.15) is 57.8 Å². The Morgan fingerprint density at radius 3 is 1.64 bits per heavy atom. The largest absolute Gasteiger partial charge is 0.327 e. The van der Waals surface area contributed by atoms with E-state index in [0.717, 1.165) is 12.1 Å². The average Bonchev–Trinajstić information content (AvgIpc) is 2.74. The zero-order valence-electron chi connectivity index (χ0n) is 9.67. The van der Waals surface area contributed by atoms with Gasteiger partial charge in [0.05, 0.1) is 9.20 Å². The van der Waals surface area contributed by atoms with E-state index in [1.165, 1.54) is 67.5 Å². The van der Waals surface area contributed by atoms with Gasteiger partial charge in [-0.05, 0) is 25.7 Å². The molecule has 3 heteroatoms. The summed E-state index contributed by atoms with van der Waals surface area (Å²) in [5.41, 5.74) is 0. The van der Waals surface area contributed by atoms with E-state index in [1.54, 1.807) is 0 Å². The van der Waals surface area contributed by atoms with Gasteiger partial charge in [-0.3, -0.25) is 0 Å². The zero-order chi connectivity index (χ0) is 9.80. The van der Waals surface area contributed by atoms with Crippen molar-refractivity contribution in [2.75, 3.05) is 0 Å². The molecule has 0 saturated heterocycles. The maximum Gasteiger partial charge on any atom is 0.0763 e. The predicted molar refractivity (Wildman–Crippen MR) is 69.5 cm³/mol. The second-order valence-electron chi connectivity index (χ2n) is 5.06. The first-order valence-electron chi connectivity index (χ1n) is 6.67. The van der Waals surface area contributed by atoms with Crippen LogP contribution in [0.2, 0.25) is 0 Å². The molecule has 82 valence electrons. The molecule has 0 radical (unpaired) electrons. The minimum atomic E-state index is 0.226. The second-order valence-corrected chi connectivity index (χ2v) is 8.32. The van der Waals surface area contributed by atoms with E-state index in [2.05, 4.69) is 4.57 Å². The first kappa shape index (κ1) is 10.9. The molecule has 0 heterocycles. The van der Waals surface area contributed by atoms with E-state index < -0.39 is 0 Å². The van der Waals surface area contributed by atoms with Crippen LogP contribution in [-0.4, -0.2) is 35.6 Å². The Balaban J connectivity index is 1.89. The van der Waals surface area contributed by atoms with Crippen LogP contribution in [0.25, 0.3) is 0 Å². The lowest BCUT2D eigenvalue weighted by Gasteiger charge is -2.38. The molecular weight excluding hydrogens is 202 g/mol. The second kappa shape index (κ2) is 5.47. The van der Waals surface area contributed by atoms with Gasteiger partial charge in [0.2, 0.25) is 0 Å². The summed E-state index contributed by atoms with van der Waals surface area (Å²) in [6.07, 6.45) is 13.7. The van der Waals surface area contributed by atoms with Gasteiger partial charge in [-0.1, -0.05) is 32.1 Å². The number of hydrogen-bond donors (Lipinski definition) is 0. The van der Waals surface area contributed by atoms with Gasteiger partial charge in [-0.25, -0.2) is 0 Å².